The number of hydrogen-bond donors (Lipinski definition) is 2. The number of rotatable bonds is 6. The molecular formula is C22H33ClN2O3. The number of fused-ring (bicyclic) bond motifs is 1. The van der Waals surface area contributed by atoms with E-state index in [1.54, 1.807) is 0 Å². The summed E-state index contributed by atoms with van der Waals surface area (Å²) in [4.78, 5) is 26.7. The van der Waals surface area contributed by atoms with Crippen molar-refractivity contribution in [1.29, 1.82) is 0 Å². The van der Waals surface area contributed by atoms with Gasteiger partial charge in [0.05, 0.1) is 12.0 Å². The number of carboxylic acid groups (broad SMARTS) is 1. The van der Waals surface area contributed by atoms with Gasteiger partial charge >= 0.3 is 5.97 Å². The topological polar surface area (TPSA) is 69.6 Å². The predicted molar refractivity (Wildman–Crippen MR) is 114 cm³/mol. The van der Waals surface area contributed by atoms with Crippen LogP contribution >= 0.6 is 12.4 Å². The number of aliphatic carboxylic acids is 1. The smallest absolute Gasteiger partial charge is 0.311 e. The molecule has 2 N–H and O–H groups in total. The van der Waals surface area contributed by atoms with Crippen LogP contribution in [0.25, 0.3) is 0 Å². The van der Waals surface area contributed by atoms with Crippen molar-refractivity contribution in [2.75, 3.05) is 25.0 Å². The lowest BCUT2D eigenvalue weighted by Gasteiger charge is -2.24. The fraction of sp³-hybridized carbons (Fsp3) is 0.636. The van der Waals surface area contributed by atoms with Gasteiger partial charge in [0, 0.05) is 18.8 Å². The summed E-state index contributed by atoms with van der Waals surface area (Å²) in [6.45, 7) is 9.99. The predicted octanol–water partition coefficient (Wildman–Crippen LogP) is 4.48. The molecule has 2 fully saturated rings. The molecule has 1 aromatic carbocycles. The number of amides is 1. The van der Waals surface area contributed by atoms with Crippen LogP contribution in [0.1, 0.15) is 69.9 Å². The Morgan fingerprint density at radius 2 is 1.82 bits per heavy atom. The third-order valence-electron chi connectivity index (χ3n) is 6.37. The van der Waals surface area contributed by atoms with Crippen LogP contribution in [-0.2, 0) is 9.59 Å². The van der Waals surface area contributed by atoms with E-state index in [9.17, 15) is 14.7 Å². The monoisotopic (exact) mass is 408 g/mol. The van der Waals surface area contributed by atoms with Gasteiger partial charge in [0.25, 0.3) is 0 Å². The SMILES string of the molecule is CC(C)c1cccc(C(C)C)c1NC(=O)CN1C[C@@H]2CCC[C@@]2(C(=O)O)C1.Cl. The van der Waals surface area contributed by atoms with Crippen molar-refractivity contribution in [1.82, 2.24) is 4.90 Å². The molecule has 5 nitrogen and oxygen atoms in total. The lowest BCUT2D eigenvalue weighted by Crippen LogP contribution is -2.37. The van der Waals surface area contributed by atoms with E-state index in [0.29, 0.717) is 24.9 Å². The van der Waals surface area contributed by atoms with Gasteiger partial charge < -0.3 is 10.4 Å². The highest BCUT2D eigenvalue weighted by molar-refractivity contribution is 5.94. The van der Waals surface area contributed by atoms with Gasteiger partial charge in [-0.15, -0.1) is 12.4 Å². The average molecular weight is 409 g/mol. The van der Waals surface area contributed by atoms with E-state index in [-0.39, 0.29) is 30.8 Å². The highest BCUT2D eigenvalue weighted by atomic mass is 35.5. The maximum absolute atomic E-state index is 12.8. The van der Waals surface area contributed by atoms with Crippen LogP contribution in [0, 0.1) is 11.3 Å². The summed E-state index contributed by atoms with van der Waals surface area (Å²) >= 11 is 0. The summed E-state index contributed by atoms with van der Waals surface area (Å²) in [6, 6.07) is 6.20. The molecule has 0 unspecified atom stereocenters. The van der Waals surface area contributed by atoms with Crippen molar-refractivity contribution in [3.8, 4) is 0 Å². The van der Waals surface area contributed by atoms with Crippen LogP contribution in [-0.4, -0.2) is 41.5 Å². The Hall–Kier alpha value is -1.59. The van der Waals surface area contributed by atoms with Crippen molar-refractivity contribution in [2.45, 2.75) is 58.8 Å². The number of benzene rings is 1. The van der Waals surface area contributed by atoms with Crippen molar-refractivity contribution >= 4 is 30.0 Å². The van der Waals surface area contributed by atoms with Crippen LogP contribution in [0.2, 0.25) is 0 Å². The zero-order valence-electron chi connectivity index (χ0n) is 17.3. The first-order valence-corrected chi connectivity index (χ1v) is 10.1. The second kappa shape index (κ2) is 8.83. The summed E-state index contributed by atoms with van der Waals surface area (Å²) in [6.07, 6.45) is 2.67. The van der Waals surface area contributed by atoms with E-state index in [1.807, 2.05) is 4.90 Å². The fourth-order valence-electron chi connectivity index (χ4n) is 4.94. The summed E-state index contributed by atoms with van der Waals surface area (Å²) in [5.74, 6) is 0.0727. The van der Waals surface area contributed by atoms with E-state index < -0.39 is 11.4 Å². The highest BCUT2D eigenvalue weighted by Gasteiger charge is 2.54. The largest absolute Gasteiger partial charge is 0.481 e. The molecule has 2 atom stereocenters. The molecule has 0 aromatic heterocycles. The highest BCUT2D eigenvalue weighted by Crippen LogP contribution is 2.48. The molecule has 1 aromatic rings. The van der Waals surface area contributed by atoms with Crippen LogP contribution in [0.3, 0.4) is 0 Å². The van der Waals surface area contributed by atoms with E-state index >= 15 is 0 Å². The van der Waals surface area contributed by atoms with Crippen molar-refractivity contribution in [2.24, 2.45) is 11.3 Å². The first-order valence-electron chi connectivity index (χ1n) is 10.1. The Morgan fingerprint density at radius 1 is 1.21 bits per heavy atom. The Morgan fingerprint density at radius 3 is 2.32 bits per heavy atom. The molecular weight excluding hydrogens is 376 g/mol. The molecule has 1 aliphatic carbocycles. The number of hydrogen-bond acceptors (Lipinski definition) is 3. The van der Waals surface area contributed by atoms with Gasteiger partial charge in [-0.05, 0) is 41.7 Å². The van der Waals surface area contributed by atoms with Crippen molar-refractivity contribution in [3.63, 3.8) is 0 Å². The maximum atomic E-state index is 12.8. The minimum Gasteiger partial charge on any atom is -0.481 e. The number of anilines is 1. The van der Waals surface area contributed by atoms with E-state index in [0.717, 1.165) is 36.1 Å². The van der Waals surface area contributed by atoms with Gasteiger partial charge in [0.1, 0.15) is 0 Å². The Kier molecular flexibility index (Phi) is 7.16. The average Bonchev–Trinajstić information content (AvgIpc) is 3.12. The number of nitrogens with one attached hydrogen (secondary N) is 1. The number of likely N-dealkylation sites (tertiary alicyclic amines) is 1. The number of para-hydroxylation sites is 1. The minimum absolute atomic E-state index is 0. The standard InChI is InChI=1S/C22H32N2O3.ClH/c1-14(2)17-8-5-9-18(15(3)4)20(17)23-19(25)12-24-11-16-7-6-10-22(16,13-24)21(26)27;/h5,8-9,14-16H,6-7,10-13H2,1-4H3,(H,23,25)(H,26,27);1H/t16-,22+;/m0./s1. The molecule has 1 amide bonds. The first-order chi connectivity index (χ1) is 12.7. The minimum atomic E-state index is -0.694. The van der Waals surface area contributed by atoms with Crippen molar-refractivity contribution in [3.05, 3.63) is 29.3 Å². The molecule has 0 bridgehead atoms. The first kappa shape index (κ1) is 22.7. The normalized spacial score (nSPS) is 24.3. The third kappa shape index (κ3) is 4.20. The van der Waals surface area contributed by atoms with E-state index in [1.165, 1.54) is 0 Å². The molecule has 1 saturated carbocycles. The van der Waals surface area contributed by atoms with Gasteiger partial charge in [0.15, 0.2) is 0 Å². The molecule has 0 spiro atoms. The molecule has 28 heavy (non-hydrogen) atoms. The Balaban J connectivity index is 0.00000280. The van der Waals surface area contributed by atoms with Gasteiger partial charge in [-0.25, -0.2) is 0 Å². The van der Waals surface area contributed by atoms with Gasteiger partial charge in [0.2, 0.25) is 5.91 Å². The number of carbonyl (C=O) groups excluding carboxylic acids is 1. The molecule has 156 valence electrons. The number of carboxylic acids is 1. The number of carbonyl (C=O) groups is 2. The summed E-state index contributed by atoms with van der Waals surface area (Å²) in [5.41, 5.74) is 2.59. The zero-order chi connectivity index (χ0) is 19.8. The maximum Gasteiger partial charge on any atom is 0.311 e. The second-order valence-corrected chi connectivity index (χ2v) is 8.89. The molecule has 2 aliphatic rings. The molecule has 0 radical (unpaired) electrons. The lowest BCUT2D eigenvalue weighted by molar-refractivity contribution is -0.149. The molecule has 1 heterocycles. The number of nitrogens with zero attached hydrogens (tertiary/aromatic N) is 1. The van der Waals surface area contributed by atoms with Crippen LogP contribution in [0.5, 0.6) is 0 Å². The lowest BCUT2D eigenvalue weighted by atomic mass is 9.81. The van der Waals surface area contributed by atoms with Gasteiger partial charge in [-0.1, -0.05) is 52.3 Å². The number of halogens is 1. The van der Waals surface area contributed by atoms with Crippen LogP contribution < -0.4 is 5.32 Å². The molecule has 3 rings (SSSR count). The quantitative estimate of drug-likeness (QED) is 0.728. The zero-order valence-corrected chi connectivity index (χ0v) is 18.1. The Bertz CT molecular complexity index is 708. The van der Waals surface area contributed by atoms with E-state index in [4.69, 9.17) is 0 Å². The van der Waals surface area contributed by atoms with E-state index in [2.05, 4.69) is 51.2 Å². The fourth-order valence-corrected chi connectivity index (χ4v) is 4.94. The van der Waals surface area contributed by atoms with Gasteiger partial charge in [-0.3, -0.25) is 14.5 Å². The van der Waals surface area contributed by atoms with Crippen molar-refractivity contribution < 1.29 is 14.7 Å². The Labute approximate surface area is 174 Å². The molecule has 6 heteroatoms. The molecule has 1 saturated heterocycles. The summed E-state index contributed by atoms with van der Waals surface area (Å²) in [5, 5.41) is 12.9. The molecule has 1 aliphatic heterocycles. The summed E-state index contributed by atoms with van der Waals surface area (Å²) < 4.78 is 0. The van der Waals surface area contributed by atoms with Gasteiger partial charge in [-0.2, -0.15) is 0 Å². The van der Waals surface area contributed by atoms with Crippen LogP contribution in [0.15, 0.2) is 18.2 Å². The van der Waals surface area contributed by atoms with Crippen LogP contribution in [0.4, 0.5) is 5.69 Å². The third-order valence-corrected chi connectivity index (χ3v) is 6.37. The summed E-state index contributed by atoms with van der Waals surface area (Å²) in [7, 11) is 0. The second-order valence-electron chi connectivity index (χ2n) is 8.89.